The van der Waals surface area contributed by atoms with Crippen molar-refractivity contribution in [3.05, 3.63) is 29.8 Å². The van der Waals surface area contributed by atoms with Crippen LogP contribution in [0.15, 0.2) is 23.1 Å². The Morgan fingerprint density at radius 1 is 1.25 bits per heavy atom. The molecule has 1 aromatic rings. The summed E-state index contributed by atoms with van der Waals surface area (Å²) in [5.41, 5.74) is 0. The van der Waals surface area contributed by atoms with Crippen molar-refractivity contribution in [3.63, 3.8) is 0 Å². The lowest BCUT2D eigenvalue weighted by atomic mass is 10.1. The molecule has 0 aliphatic rings. The van der Waals surface area contributed by atoms with E-state index in [-0.39, 0.29) is 6.04 Å². The molecule has 0 saturated carbocycles. The van der Waals surface area contributed by atoms with Crippen LogP contribution >= 0.6 is 0 Å². The van der Waals surface area contributed by atoms with E-state index >= 15 is 0 Å². The van der Waals surface area contributed by atoms with E-state index in [4.69, 9.17) is 0 Å². The van der Waals surface area contributed by atoms with Crippen LogP contribution in [0.1, 0.15) is 33.1 Å². The van der Waals surface area contributed by atoms with E-state index in [1.54, 1.807) is 14.0 Å². The minimum atomic E-state index is -3.84. The van der Waals surface area contributed by atoms with Crippen molar-refractivity contribution in [1.82, 2.24) is 5.32 Å². The van der Waals surface area contributed by atoms with Gasteiger partial charge in [-0.15, -0.1) is 0 Å². The van der Waals surface area contributed by atoms with Gasteiger partial charge in [-0.05, 0) is 32.0 Å². The first-order valence-corrected chi connectivity index (χ1v) is 8.29. The molecule has 1 aromatic carbocycles. The molecule has 0 heterocycles. The quantitative estimate of drug-likeness (QED) is 0.788. The van der Waals surface area contributed by atoms with Crippen LogP contribution in [0.2, 0.25) is 0 Å². The normalized spacial score (nSPS) is 15.1. The first-order valence-electron chi connectivity index (χ1n) is 6.74. The van der Waals surface area contributed by atoms with Gasteiger partial charge in [0.15, 0.2) is 9.84 Å². The lowest BCUT2D eigenvalue weighted by molar-refractivity contribution is 0.461. The van der Waals surface area contributed by atoms with Crippen LogP contribution in [0, 0.1) is 11.6 Å². The van der Waals surface area contributed by atoms with Gasteiger partial charge >= 0.3 is 0 Å². The van der Waals surface area contributed by atoms with E-state index in [0.717, 1.165) is 18.6 Å². The van der Waals surface area contributed by atoms with Crippen LogP contribution in [-0.2, 0) is 9.84 Å². The lowest BCUT2D eigenvalue weighted by Crippen LogP contribution is -2.42. The molecule has 3 nitrogen and oxygen atoms in total. The van der Waals surface area contributed by atoms with Crippen LogP contribution in [0.5, 0.6) is 0 Å². The van der Waals surface area contributed by atoms with Gasteiger partial charge in [0, 0.05) is 12.1 Å². The molecule has 0 saturated heterocycles. The molecule has 1 N–H and O–H groups in total. The second-order valence-electron chi connectivity index (χ2n) is 4.75. The summed E-state index contributed by atoms with van der Waals surface area (Å²) in [7, 11) is -2.14. The highest BCUT2D eigenvalue weighted by atomic mass is 32.2. The van der Waals surface area contributed by atoms with Crippen molar-refractivity contribution in [1.29, 1.82) is 0 Å². The minimum absolute atomic E-state index is 0.251. The number of halogens is 2. The van der Waals surface area contributed by atoms with Gasteiger partial charge in [0.1, 0.15) is 16.5 Å². The maximum atomic E-state index is 13.8. The van der Waals surface area contributed by atoms with Crippen LogP contribution in [0.3, 0.4) is 0 Å². The molecule has 2 unspecified atom stereocenters. The molecule has 0 aliphatic carbocycles. The first kappa shape index (κ1) is 17.0. The summed E-state index contributed by atoms with van der Waals surface area (Å²) in [5, 5.41) is 2.26. The molecule has 20 heavy (non-hydrogen) atoms. The molecule has 114 valence electrons. The summed E-state index contributed by atoms with van der Waals surface area (Å²) in [6, 6.07) is 2.32. The summed E-state index contributed by atoms with van der Waals surface area (Å²) >= 11 is 0. The maximum absolute atomic E-state index is 13.8. The van der Waals surface area contributed by atoms with Gasteiger partial charge in [-0.25, -0.2) is 17.2 Å². The number of hydrogen-bond acceptors (Lipinski definition) is 3. The summed E-state index contributed by atoms with van der Waals surface area (Å²) in [6.45, 7) is 3.71. The SMILES string of the molecule is CCCC(NC)C(CC)S(=O)(=O)c1ccc(F)cc1F. The Labute approximate surface area is 119 Å². The molecule has 0 amide bonds. The minimum Gasteiger partial charge on any atom is -0.316 e. The van der Waals surface area contributed by atoms with Gasteiger partial charge in [0.25, 0.3) is 0 Å². The fourth-order valence-electron chi connectivity index (χ4n) is 2.42. The summed E-state index contributed by atoms with van der Waals surface area (Å²) in [5.74, 6) is -1.82. The zero-order chi connectivity index (χ0) is 15.3. The monoisotopic (exact) mass is 305 g/mol. The number of rotatable bonds is 7. The second kappa shape index (κ2) is 7.13. The van der Waals surface area contributed by atoms with Crippen molar-refractivity contribution in [2.24, 2.45) is 0 Å². The van der Waals surface area contributed by atoms with Gasteiger partial charge in [-0.1, -0.05) is 20.3 Å². The standard InChI is InChI=1S/C14H21F2NO2S/c1-4-6-12(17-3)13(5-2)20(18,19)14-8-7-10(15)9-11(14)16/h7-9,12-13,17H,4-6H2,1-3H3. The third kappa shape index (κ3) is 3.55. The molecule has 6 heteroatoms. The van der Waals surface area contributed by atoms with Gasteiger partial charge in [0.2, 0.25) is 0 Å². The lowest BCUT2D eigenvalue weighted by Gasteiger charge is -2.25. The van der Waals surface area contributed by atoms with Crippen molar-refractivity contribution >= 4 is 9.84 Å². The van der Waals surface area contributed by atoms with Crippen LogP contribution < -0.4 is 5.32 Å². The molecule has 0 spiro atoms. The van der Waals surface area contributed by atoms with E-state index in [0.29, 0.717) is 18.9 Å². The van der Waals surface area contributed by atoms with E-state index < -0.39 is 31.6 Å². The zero-order valence-corrected chi connectivity index (χ0v) is 12.8. The second-order valence-corrected chi connectivity index (χ2v) is 6.89. The third-order valence-corrected chi connectivity index (χ3v) is 5.82. The van der Waals surface area contributed by atoms with Crippen molar-refractivity contribution < 1.29 is 17.2 Å². The molecule has 0 radical (unpaired) electrons. The zero-order valence-electron chi connectivity index (χ0n) is 12.0. The highest BCUT2D eigenvalue weighted by molar-refractivity contribution is 7.92. The highest BCUT2D eigenvalue weighted by Gasteiger charge is 2.34. The van der Waals surface area contributed by atoms with Gasteiger partial charge in [-0.2, -0.15) is 0 Å². The first-order chi connectivity index (χ1) is 9.38. The smallest absolute Gasteiger partial charge is 0.185 e. The van der Waals surface area contributed by atoms with E-state index in [2.05, 4.69) is 5.32 Å². The fourth-order valence-corrected chi connectivity index (χ4v) is 4.47. The fraction of sp³-hybridized carbons (Fsp3) is 0.571. The average Bonchev–Trinajstić information content (AvgIpc) is 2.37. The predicted molar refractivity (Wildman–Crippen MR) is 75.4 cm³/mol. The molecule has 0 fully saturated rings. The summed E-state index contributed by atoms with van der Waals surface area (Å²) in [4.78, 5) is -0.429. The summed E-state index contributed by atoms with van der Waals surface area (Å²) in [6.07, 6.45) is 1.87. The molecular formula is C14H21F2NO2S. The van der Waals surface area contributed by atoms with Crippen LogP contribution in [0.4, 0.5) is 8.78 Å². The number of sulfone groups is 1. The Hall–Kier alpha value is -1.01. The number of benzene rings is 1. The van der Waals surface area contributed by atoms with Crippen molar-refractivity contribution in [2.75, 3.05) is 7.05 Å². The number of nitrogens with one attached hydrogen (secondary N) is 1. The highest BCUT2D eigenvalue weighted by Crippen LogP contribution is 2.25. The van der Waals surface area contributed by atoms with Gasteiger partial charge in [0.05, 0.1) is 5.25 Å². The Bertz CT molecular complexity index is 546. The molecule has 0 aliphatic heterocycles. The Balaban J connectivity index is 3.24. The Morgan fingerprint density at radius 3 is 2.35 bits per heavy atom. The molecular weight excluding hydrogens is 284 g/mol. The van der Waals surface area contributed by atoms with E-state index in [1.165, 1.54) is 0 Å². The Kier molecular flexibility index (Phi) is 6.07. The van der Waals surface area contributed by atoms with Gasteiger partial charge in [-0.3, -0.25) is 0 Å². The molecule has 0 bridgehead atoms. The molecule has 1 rings (SSSR count). The van der Waals surface area contributed by atoms with Gasteiger partial charge < -0.3 is 5.32 Å². The topological polar surface area (TPSA) is 46.2 Å². The van der Waals surface area contributed by atoms with E-state index in [1.807, 2.05) is 6.92 Å². The van der Waals surface area contributed by atoms with E-state index in [9.17, 15) is 17.2 Å². The van der Waals surface area contributed by atoms with Crippen molar-refractivity contribution in [2.45, 2.75) is 49.3 Å². The van der Waals surface area contributed by atoms with Crippen molar-refractivity contribution in [3.8, 4) is 0 Å². The van der Waals surface area contributed by atoms with Crippen LogP contribution in [0.25, 0.3) is 0 Å². The third-order valence-electron chi connectivity index (χ3n) is 3.42. The number of hydrogen-bond donors (Lipinski definition) is 1. The predicted octanol–water partition coefficient (Wildman–Crippen LogP) is 2.91. The molecule has 2 atom stereocenters. The summed E-state index contributed by atoms with van der Waals surface area (Å²) < 4.78 is 51.8. The average molecular weight is 305 g/mol. The molecule has 0 aromatic heterocycles. The largest absolute Gasteiger partial charge is 0.316 e. The Morgan fingerprint density at radius 2 is 1.90 bits per heavy atom. The van der Waals surface area contributed by atoms with Crippen LogP contribution in [-0.4, -0.2) is 26.8 Å². The maximum Gasteiger partial charge on any atom is 0.185 e.